The van der Waals surface area contributed by atoms with Crippen LogP contribution in [-0.4, -0.2) is 28.4 Å². The molecule has 5 nitrogen and oxygen atoms in total. The van der Waals surface area contributed by atoms with Crippen molar-refractivity contribution in [2.24, 2.45) is 0 Å². The van der Waals surface area contributed by atoms with Crippen molar-refractivity contribution in [1.29, 1.82) is 0 Å². The van der Waals surface area contributed by atoms with Gasteiger partial charge in [0.15, 0.2) is 0 Å². The number of carboxylic acids is 1. The van der Waals surface area contributed by atoms with Gasteiger partial charge in [-0.05, 0) is 24.5 Å². The van der Waals surface area contributed by atoms with Crippen molar-refractivity contribution < 1.29 is 14.7 Å². The van der Waals surface area contributed by atoms with Gasteiger partial charge in [0.25, 0.3) is 0 Å². The Balaban J connectivity index is 2.25. The monoisotopic (exact) mass is 248 g/mol. The number of piperidine rings is 1. The first kappa shape index (κ1) is 12.4. The number of amides is 1. The lowest BCUT2D eigenvalue weighted by Gasteiger charge is -2.27. The van der Waals surface area contributed by atoms with E-state index in [0.717, 1.165) is 12.8 Å². The molecule has 1 fully saturated rings. The van der Waals surface area contributed by atoms with E-state index in [1.54, 1.807) is 23.1 Å². The van der Waals surface area contributed by atoms with Gasteiger partial charge in [-0.2, -0.15) is 0 Å². The lowest BCUT2D eigenvalue weighted by Crippen LogP contribution is -2.35. The minimum Gasteiger partial charge on any atom is -0.478 e. The number of likely N-dealkylation sites (tertiary alicyclic amines) is 1. The second-order valence-corrected chi connectivity index (χ2v) is 4.46. The number of carbonyl (C=O) groups is 2. The molecular weight excluding hydrogens is 232 g/mol. The lowest BCUT2D eigenvalue weighted by atomic mass is 10.0. The minimum atomic E-state index is -1.05. The zero-order chi connectivity index (χ0) is 13.1. The fraction of sp³-hybridized carbons (Fsp3) is 0.385. The number of hydrogen-bond acceptors (Lipinski definition) is 3. The van der Waals surface area contributed by atoms with Crippen molar-refractivity contribution in [3.63, 3.8) is 0 Å². The normalized spacial score (nSPS) is 15.8. The average molecular weight is 248 g/mol. The number of nitrogens with zero attached hydrogens (tertiary/aromatic N) is 1. The molecule has 1 amide bonds. The molecule has 2 rings (SSSR count). The van der Waals surface area contributed by atoms with E-state index in [-0.39, 0.29) is 17.2 Å². The standard InChI is InChI=1S/C13H16N2O3/c14-10-5-3-4-9(12(10)13(17)18)8-15-7-2-1-6-11(15)16/h3-5H,1-2,6-8,14H2,(H,17,18). The fourth-order valence-corrected chi connectivity index (χ4v) is 2.25. The molecule has 0 atom stereocenters. The highest BCUT2D eigenvalue weighted by Crippen LogP contribution is 2.21. The highest BCUT2D eigenvalue weighted by atomic mass is 16.4. The van der Waals surface area contributed by atoms with Gasteiger partial charge in [-0.1, -0.05) is 12.1 Å². The van der Waals surface area contributed by atoms with Crippen molar-refractivity contribution in [1.82, 2.24) is 4.90 Å². The summed E-state index contributed by atoms with van der Waals surface area (Å²) in [6.45, 7) is 1.01. The third kappa shape index (κ3) is 2.45. The highest BCUT2D eigenvalue weighted by Gasteiger charge is 2.21. The maximum absolute atomic E-state index is 11.7. The summed E-state index contributed by atoms with van der Waals surface area (Å²) in [7, 11) is 0. The van der Waals surface area contributed by atoms with Crippen molar-refractivity contribution in [2.45, 2.75) is 25.8 Å². The SMILES string of the molecule is Nc1cccc(CN2CCCCC2=O)c1C(=O)O. The topological polar surface area (TPSA) is 83.6 Å². The molecule has 1 aliphatic heterocycles. The van der Waals surface area contributed by atoms with E-state index in [1.165, 1.54) is 0 Å². The van der Waals surface area contributed by atoms with Crippen LogP contribution in [0.3, 0.4) is 0 Å². The largest absolute Gasteiger partial charge is 0.478 e. The van der Waals surface area contributed by atoms with E-state index in [1.807, 2.05) is 0 Å². The van der Waals surface area contributed by atoms with Crippen molar-refractivity contribution in [3.8, 4) is 0 Å². The van der Waals surface area contributed by atoms with Crippen LogP contribution in [0.1, 0.15) is 35.2 Å². The number of aromatic carboxylic acids is 1. The van der Waals surface area contributed by atoms with Crippen LogP contribution >= 0.6 is 0 Å². The minimum absolute atomic E-state index is 0.0833. The van der Waals surface area contributed by atoms with E-state index < -0.39 is 5.97 Å². The predicted octanol–water partition coefficient (Wildman–Crippen LogP) is 1.48. The summed E-state index contributed by atoms with van der Waals surface area (Å²) in [6, 6.07) is 4.98. The van der Waals surface area contributed by atoms with Crippen LogP contribution in [0.5, 0.6) is 0 Å². The van der Waals surface area contributed by atoms with Gasteiger partial charge in [0, 0.05) is 25.2 Å². The summed E-state index contributed by atoms with van der Waals surface area (Å²) < 4.78 is 0. The molecule has 3 N–H and O–H groups in total. The Labute approximate surface area is 105 Å². The summed E-state index contributed by atoms with van der Waals surface area (Å²) in [4.78, 5) is 24.6. The molecule has 96 valence electrons. The first-order chi connectivity index (χ1) is 8.59. The number of benzene rings is 1. The molecule has 0 aliphatic carbocycles. The highest BCUT2D eigenvalue weighted by molar-refractivity contribution is 5.95. The van der Waals surface area contributed by atoms with E-state index >= 15 is 0 Å². The van der Waals surface area contributed by atoms with Gasteiger partial charge in [-0.3, -0.25) is 4.79 Å². The Morgan fingerprint density at radius 1 is 1.39 bits per heavy atom. The molecule has 0 radical (unpaired) electrons. The first-order valence-electron chi connectivity index (χ1n) is 5.98. The summed E-state index contributed by atoms with van der Waals surface area (Å²) >= 11 is 0. The van der Waals surface area contributed by atoms with Gasteiger partial charge in [0.1, 0.15) is 0 Å². The number of carboxylic acid groups (broad SMARTS) is 1. The van der Waals surface area contributed by atoms with E-state index in [9.17, 15) is 9.59 Å². The zero-order valence-electron chi connectivity index (χ0n) is 10.1. The van der Waals surface area contributed by atoms with Gasteiger partial charge in [0.2, 0.25) is 5.91 Å². The molecule has 0 saturated carbocycles. The van der Waals surface area contributed by atoms with E-state index in [4.69, 9.17) is 10.8 Å². The van der Waals surface area contributed by atoms with Crippen molar-refractivity contribution in [2.75, 3.05) is 12.3 Å². The molecule has 0 aromatic heterocycles. The summed E-state index contributed by atoms with van der Waals surface area (Å²) in [5.41, 5.74) is 6.62. The lowest BCUT2D eigenvalue weighted by molar-refractivity contribution is -0.133. The van der Waals surface area contributed by atoms with Gasteiger partial charge in [-0.25, -0.2) is 4.79 Å². The molecule has 1 aliphatic rings. The van der Waals surface area contributed by atoms with Crippen LogP contribution in [0, 0.1) is 0 Å². The third-order valence-corrected chi connectivity index (χ3v) is 3.18. The summed E-state index contributed by atoms with van der Waals surface area (Å²) in [6.07, 6.45) is 2.43. The molecular formula is C13H16N2O3. The van der Waals surface area contributed by atoms with Gasteiger partial charge in [0.05, 0.1) is 5.56 Å². The molecule has 1 aromatic carbocycles. The first-order valence-corrected chi connectivity index (χ1v) is 5.98. The maximum atomic E-state index is 11.7. The van der Waals surface area contributed by atoms with Gasteiger partial charge < -0.3 is 15.7 Å². The predicted molar refractivity (Wildman–Crippen MR) is 67.1 cm³/mol. The van der Waals surface area contributed by atoms with Crippen LogP contribution in [0.2, 0.25) is 0 Å². The Morgan fingerprint density at radius 3 is 2.83 bits per heavy atom. The van der Waals surface area contributed by atoms with Crippen molar-refractivity contribution >= 4 is 17.6 Å². The fourth-order valence-electron chi connectivity index (χ4n) is 2.25. The quantitative estimate of drug-likeness (QED) is 0.793. The number of nitrogens with two attached hydrogens (primary N) is 1. The van der Waals surface area contributed by atoms with Gasteiger partial charge in [-0.15, -0.1) is 0 Å². The third-order valence-electron chi connectivity index (χ3n) is 3.18. The Bertz CT molecular complexity index is 485. The average Bonchev–Trinajstić information content (AvgIpc) is 2.31. The number of nitrogen functional groups attached to an aromatic ring is 1. The number of anilines is 1. The summed E-state index contributed by atoms with van der Waals surface area (Å²) in [5, 5.41) is 9.16. The molecule has 1 saturated heterocycles. The summed E-state index contributed by atoms with van der Waals surface area (Å²) in [5.74, 6) is -0.965. The molecule has 1 heterocycles. The van der Waals surface area contributed by atoms with E-state index in [2.05, 4.69) is 0 Å². The molecule has 1 aromatic rings. The molecule has 0 unspecified atom stereocenters. The number of hydrogen-bond donors (Lipinski definition) is 2. The Morgan fingerprint density at radius 2 is 2.17 bits per heavy atom. The van der Waals surface area contributed by atoms with Crippen LogP contribution in [0.25, 0.3) is 0 Å². The molecule has 0 spiro atoms. The number of rotatable bonds is 3. The Hall–Kier alpha value is -2.04. The van der Waals surface area contributed by atoms with Gasteiger partial charge >= 0.3 is 5.97 Å². The van der Waals surface area contributed by atoms with Crippen LogP contribution in [-0.2, 0) is 11.3 Å². The Kier molecular flexibility index (Phi) is 3.50. The molecule has 0 bridgehead atoms. The van der Waals surface area contributed by atoms with Crippen molar-refractivity contribution in [3.05, 3.63) is 29.3 Å². The zero-order valence-corrected chi connectivity index (χ0v) is 10.1. The van der Waals surface area contributed by atoms with Crippen LogP contribution in [0.4, 0.5) is 5.69 Å². The van der Waals surface area contributed by atoms with E-state index in [0.29, 0.717) is 25.1 Å². The molecule has 5 heteroatoms. The molecule has 18 heavy (non-hydrogen) atoms. The second-order valence-electron chi connectivity index (χ2n) is 4.46. The van der Waals surface area contributed by atoms with Crippen LogP contribution < -0.4 is 5.73 Å². The number of carbonyl (C=O) groups excluding carboxylic acids is 1. The smallest absolute Gasteiger partial charge is 0.338 e. The maximum Gasteiger partial charge on any atom is 0.338 e. The van der Waals surface area contributed by atoms with Crippen LogP contribution in [0.15, 0.2) is 18.2 Å². The second kappa shape index (κ2) is 5.08.